The van der Waals surface area contributed by atoms with Crippen LogP contribution in [-0.4, -0.2) is 44.3 Å². The molecule has 2 aromatic carbocycles. The number of hydrogen-bond donors (Lipinski definition) is 2. The summed E-state index contributed by atoms with van der Waals surface area (Å²) in [5, 5.41) is 13.4. The fourth-order valence-corrected chi connectivity index (χ4v) is 5.98. The molecule has 9 heteroatoms. The first-order valence-electron chi connectivity index (χ1n) is 12.1. The normalized spacial score (nSPS) is 21.1. The molecular weight excluding hydrogens is 485 g/mol. The maximum atomic E-state index is 14.3. The Morgan fingerprint density at radius 1 is 1.19 bits per heavy atom. The molecule has 2 heterocycles. The average molecular weight is 512 g/mol. The predicted octanol–water partition coefficient (Wildman–Crippen LogP) is 4.43. The van der Waals surface area contributed by atoms with Gasteiger partial charge in [-0.15, -0.1) is 0 Å². The number of nitrogens with zero attached hydrogens (tertiary/aromatic N) is 2. The SMILES string of the molecule is CC(=O)c1cn(CC(=O)N2[C@@H]3CCC[C@@H]3C[C@H]2C(=O)NCc2cccc(Cl)c2F)c2cc(O)ccc12. The minimum absolute atomic E-state index is 0.0103. The van der Waals surface area contributed by atoms with Crippen molar-refractivity contribution in [1.82, 2.24) is 14.8 Å². The summed E-state index contributed by atoms with van der Waals surface area (Å²) in [6, 6.07) is 8.65. The summed E-state index contributed by atoms with van der Waals surface area (Å²) >= 11 is 5.86. The quantitative estimate of drug-likeness (QED) is 0.479. The van der Waals surface area contributed by atoms with Crippen molar-refractivity contribution in [3.63, 3.8) is 0 Å². The highest BCUT2D eigenvalue weighted by atomic mass is 35.5. The number of carbonyl (C=O) groups excluding carboxylic acids is 3. The summed E-state index contributed by atoms with van der Waals surface area (Å²) < 4.78 is 15.9. The number of ketones is 1. The highest BCUT2D eigenvalue weighted by Crippen LogP contribution is 2.41. The van der Waals surface area contributed by atoms with Gasteiger partial charge in [0, 0.05) is 41.4 Å². The van der Waals surface area contributed by atoms with Gasteiger partial charge >= 0.3 is 0 Å². The molecule has 0 radical (unpaired) electrons. The fraction of sp³-hybridized carbons (Fsp3) is 0.370. The second kappa shape index (κ2) is 9.58. The van der Waals surface area contributed by atoms with E-state index in [2.05, 4.69) is 5.32 Å². The Balaban J connectivity index is 1.39. The van der Waals surface area contributed by atoms with Crippen LogP contribution in [0.4, 0.5) is 4.39 Å². The number of nitrogens with one attached hydrogen (secondary N) is 1. The van der Waals surface area contributed by atoms with E-state index in [1.54, 1.807) is 33.9 Å². The van der Waals surface area contributed by atoms with Gasteiger partial charge in [-0.1, -0.05) is 30.2 Å². The van der Waals surface area contributed by atoms with Crippen molar-refractivity contribution < 1.29 is 23.9 Å². The van der Waals surface area contributed by atoms with E-state index in [0.717, 1.165) is 19.3 Å². The Labute approximate surface area is 212 Å². The number of aromatic hydroxyl groups is 1. The largest absolute Gasteiger partial charge is 0.508 e. The highest BCUT2D eigenvalue weighted by Gasteiger charge is 2.48. The zero-order chi connectivity index (χ0) is 25.6. The molecule has 3 aromatic rings. The molecule has 3 atom stereocenters. The van der Waals surface area contributed by atoms with E-state index in [1.165, 1.54) is 25.1 Å². The Morgan fingerprint density at radius 3 is 2.78 bits per heavy atom. The number of amides is 2. The van der Waals surface area contributed by atoms with E-state index in [0.29, 0.717) is 22.9 Å². The molecule has 1 aliphatic carbocycles. The summed E-state index contributed by atoms with van der Waals surface area (Å²) in [7, 11) is 0. The molecule has 5 rings (SSSR count). The number of benzene rings is 2. The molecule has 1 aromatic heterocycles. The number of fused-ring (bicyclic) bond motifs is 2. The molecule has 1 aliphatic heterocycles. The molecule has 1 saturated carbocycles. The maximum absolute atomic E-state index is 14.3. The van der Waals surface area contributed by atoms with Crippen LogP contribution in [0.2, 0.25) is 5.02 Å². The van der Waals surface area contributed by atoms with E-state index in [-0.39, 0.29) is 59.0 Å². The minimum Gasteiger partial charge on any atom is -0.508 e. The first kappa shape index (κ1) is 24.3. The summed E-state index contributed by atoms with van der Waals surface area (Å²) in [5.41, 5.74) is 1.33. The molecule has 0 spiro atoms. The van der Waals surface area contributed by atoms with Gasteiger partial charge in [0.05, 0.1) is 10.5 Å². The Bertz CT molecular complexity index is 1370. The van der Waals surface area contributed by atoms with Crippen molar-refractivity contribution in [3.05, 3.63) is 64.6 Å². The first-order chi connectivity index (χ1) is 17.2. The van der Waals surface area contributed by atoms with Crippen LogP contribution in [0.5, 0.6) is 5.75 Å². The van der Waals surface area contributed by atoms with Gasteiger partial charge < -0.3 is 19.9 Å². The van der Waals surface area contributed by atoms with Gasteiger partial charge in [-0.05, 0) is 50.3 Å². The van der Waals surface area contributed by atoms with Gasteiger partial charge in [-0.25, -0.2) is 4.39 Å². The van der Waals surface area contributed by atoms with E-state index in [1.807, 2.05) is 0 Å². The highest BCUT2D eigenvalue weighted by molar-refractivity contribution is 6.30. The van der Waals surface area contributed by atoms with Gasteiger partial charge in [0.2, 0.25) is 11.8 Å². The zero-order valence-electron chi connectivity index (χ0n) is 19.8. The third kappa shape index (κ3) is 4.34. The number of aromatic nitrogens is 1. The second-order valence-corrected chi connectivity index (χ2v) is 10.1. The smallest absolute Gasteiger partial charge is 0.243 e. The van der Waals surface area contributed by atoms with Crippen molar-refractivity contribution in [2.45, 2.75) is 57.8 Å². The number of rotatable bonds is 6. The molecule has 0 unspecified atom stereocenters. The van der Waals surface area contributed by atoms with Gasteiger partial charge in [-0.2, -0.15) is 0 Å². The lowest BCUT2D eigenvalue weighted by Gasteiger charge is -2.29. The first-order valence-corrected chi connectivity index (χ1v) is 12.5. The van der Waals surface area contributed by atoms with Crippen LogP contribution in [0.1, 0.15) is 48.5 Å². The summed E-state index contributed by atoms with van der Waals surface area (Å²) in [4.78, 5) is 40.7. The molecule has 2 N–H and O–H groups in total. The van der Waals surface area contributed by atoms with Crippen LogP contribution in [-0.2, 0) is 22.7 Å². The van der Waals surface area contributed by atoms with E-state index in [9.17, 15) is 23.9 Å². The molecule has 2 aliphatic rings. The number of phenolic OH excluding ortho intramolecular Hbond substituents is 1. The van der Waals surface area contributed by atoms with Crippen molar-refractivity contribution in [3.8, 4) is 5.75 Å². The lowest BCUT2D eigenvalue weighted by Crippen LogP contribution is -2.49. The molecular formula is C27H27ClFN3O4. The standard InChI is InChI=1S/C27H27ClFN3O4/c1-15(33)20-13-31(23-11-18(34)8-9-19(20)23)14-25(35)32-22-7-3-4-16(22)10-24(32)27(36)30-12-17-5-2-6-21(28)26(17)29/h2,5-6,8-9,11,13,16,22,24,34H,3-4,7,10,12,14H2,1H3,(H,30,36)/t16-,22-,24+/m1/s1. The number of phenols is 1. The minimum atomic E-state index is -0.655. The van der Waals surface area contributed by atoms with Crippen LogP contribution in [0.25, 0.3) is 10.9 Å². The number of Topliss-reactive ketones (excluding diaryl/α,β-unsaturated/α-hetero) is 1. The number of carbonyl (C=O) groups is 3. The lowest BCUT2D eigenvalue weighted by molar-refractivity contribution is -0.141. The van der Waals surface area contributed by atoms with Crippen molar-refractivity contribution in [1.29, 1.82) is 0 Å². The maximum Gasteiger partial charge on any atom is 0.243 e. The van der Waals surface area contributed by atoms with Crippen LogP contribution < -0.4 is 5.32 Å². The van der Waals surface area contributed by atoms with Crippen LogP contribution in [0.15, 0.2) is 42.6 Å². The Kier molecular flexibility index (Phi) is 6.47. The van der Waals surface area contributed by atoms with E-state index in [4.69, 9.17) is 11.6 Å². The van der Waals surface area contributed by atoms with Crippen molar-refractivity contribution in [2.24, 2.45) is 5.92 Å². The van der Waals surface area contributed by atoms with Crippen LogP contribution in [0.3, 0.4) is 0 Å². The third-order valence-corrected chi connectivity index (χ3v) is 7.76. The molecule has 36 heavy (non-hydrogen) atoms. The van der Waals surface area contributed by atoms with Gasteiger partial charge in [-0.3, -0.25) is 14.4 Å². The summed E-state index contributed by atoms with van der Waals surface area (Å²) in [6.07, 6.45) is 4.97. The molecule has 1 saturated heterocycles. The Hall–Kier alpha value is -3.39. The monoisotopic (exact) mass is 511 g/mol. The molecule has 188 valence electrons. The van der Waals surface area contributed by atoms with Gasteiger partial charge in [0.25, 0.3) is 0 Å². The van der Waals surface area contributed by atoms with E-state index >= 15 is 0 Å². The molecule has 2 fully saturated rings. The summed E-state index contributed by atoms with van der Waals surface area (Å²) in [6.45, 7) is 1.37. The predicted molar refractivity (Wildman–Crippen MR) is 133 cm³/mol. The van der Waals surface area contributed by atoms with Crippen molar-refractivity contribution >= 4 is 40.1 Å². The Morgan fingerprint density at radius 2 is 2.00 bits per heavy atom. The second-order valence-electron chi connectivity index (χ2n) is 9.67. The molecule has 0 bridgehead atoms. The summed E-state index contributed by atoms with van der Waals surface area (Å²) in [5.74, 6) is -0.984. The number of halogens is 2. The van der Waals surface area contributed by atoms with Crippen molar-refractivity contribution in [2.75, 3.05) is 0 Å². The van der Waals surface area contributed by atoms with Crippen LogP contribution in [0, 0.1) is 11.7 Å². The van der Waals surface area contributed by atoms with Gasteiger partial charge in [0.15, 0.2) is 5.78 Å². The number of likely N-dealkylation sites (tertiary alicyclic amines) is 1. The molecule has 2 amide bonds. The number of hydrogen-bond acceptors (Lipinski definition) is 4. The molecule has 7 nitrogen and oxygen atoms in total. The van der Waals surface area contributed by atoms with Gasteiger partial charge in [0.1, 0.15) is 24.2 Å². The lowest BCUT2D eigenvalue weighted by atomic mass is 10.0. The average Bonchev–Trinajstić information content (AvgIpc) is 3.53. The fourth-order valence-electron chi connectivity index (χ4n) is 5.79. The third-order valence-electron chi connectivity index (χ3n) is 7.46. The topological polar surface area (TPSA) is 91.6 Å². The van der Waals surface area contributed by atoms with E-state index < -0.39 is 11.9 Å². The zero-order valence-corrected chi connectivity index (χ0v) is 20.6. The van der Waals surface area contributed by atoms with Crippen LogP contribution >= 0.6 is 11.6 Å².